The second kappa shape index (κ2) is 5.58. The van der Waals surface area contributed by atoms with E-state index >= 15 is 0 Å². The van der Waals surface area contributed by atoms with E-state index in [4.69, 9.17) is 9.31 Å². The highest BCUT2D eigenvalue weighted by molar-refractivity contribution is 14.2. The molecule has 1 atom stereocenters. The van der Waals surface area contributed by atoms with E-state index in [1.807, 2.05) is 4.45 Å². The number of halogens is 1. The van der Waals surface area contributed by atoms with Crippen molar-refractivity contribution in [2.45, 2.75) is 38.9 Å². The van der Waals surface area contributed by atoms with Gasteiger partial charge in [-0.3, -0.25) is 0 Å². The molecule has 0 radical (unpaired) electrons. The zero-order valence-electron chi connectivity index (χ0n) is 13.2. The molecule has 1 saturated heterocycles. The number of nitrogens with zero attached hydrogens (tertiary/aromatic N) is 2. The zero-order valence-corrected chi connectivity index (χ0v) is 16.3. The number of fused-ring (bicyclic) bond motifs is 1. The van der Waals surface area contributed by atoms with Crippen LogP contribution in [0.1, 0.15) is 33.4 Å². The molecular weight excluding hydrogens is 409 g/mol. The van der Waals surface area contributed by atoms with E-state index in [-0.39, 0.29) is 18.3 Å². The Morgan fingerprint density at radius 3 is 2.45 bits per heavy atom. The van der Waals surface area contributed by atoms with Gasteiger partial charge in [-0.1, -0.05) is 18.7 Å². The molecule has 22 heavy (non-hydrogen) atoms. The Bertz CT molecular complexity index is 728. The van der Waals surface area contributed by atoms with Crippen molar-refractivity contribution in [3.63, 3.8) is 0 Å². The largest absolute Gasteiger partial charge is 0.494 e. The first-order valence-electron chi connectivity index (χ1n) is 7.16. The van der Waals surface area contributed by atoms with Crippen LogP contribution in [0.2, 0.25) is 0 Å². The standard InChI is InChI=1S/C15H19BIN2O2P/c1-6-12-11-9-10(7-8-13(11)19(18-12)22-17)16-20-14(2,3)15(4,5)21-16/h6-9,22H,1H2,2-5H3. The highest BCUT2D eigenvalue weighted by Crippen LogP contribution is 2.37. The fraction of sp³-hybridized carbons (Fsp3) is 0.400. The molecule has 1 aromatic carbocycles. The monoisotopic (exact) mass is 428 g/mol. The van der Waals surface area contributed by atoms with E-state index in [1.54, 1.807) is 6.08 Å². The molecule has 1 aromatic heterocycles. The molecule has 0 bridgehead atoms. The minimum atomic E-state index is -0.350. The molecule has 1 fully saturated rings. The third-order valence-electron chi connectivity index (χ3n) is 4.53. The molecule has 7 heteroatoms. The van der Waals surface area contributed by atoms with Crippen LogP contribution in [0.5, 0.6) is 0 Å². The summed E-state index contributed by atoms with van der Waals surface area (Å²) in [5, 5.41) is 5.66. The van der Waals surface area contributed by atoms with Crippen molar-refractivity contribution in [1.29, 1.82) is 0 Å². The second-order valence-electron chi connectivity index (χ2n) is 6.45. The fourth-order valence-corrected chi connectivity index (χ4v) is 4.03. The van der Waals surface area contributed by atoms with Crippen molar-refractivity contribution >= 4 is 58.0 Å². The van der Waals surface area contributed by atoms with Crippen LogP contribution >= 0.6 is 28.4 Å². The number of rotatable bonds is 3. The number of benzene rings is 1. The third-order valence-corrected chi connectivity index (χ3v) is 6.40. The van der Waals surface area contributed by atoms with Crippen LogP contribution in [-0.4, -0.2) is 27.9 Å². The second-order valence-corrected chi connectivity index (χ2v) is 8.49. The van der Waals surface area contributed by atoms with E-state index in [9.17, 15) is 0 Å². The van der Waals surface area contributed by atoms with E-state index in [2.05, 4.69) is 79.6 Å². The van der Waals surface area contributed by atoms with Crippen molar-refractivity contribution in [3.8, 4) is 0 Å². The maximum Gasteiger partial charge on any atom is 0.494 e. The topological polar surface area (TPSA) is 36.3 Å². The van der Waals surface area contributed by atoms with Gasteiger partial charge in [-0.15, -0.1) is 0 Å². The average Bonchev–Trinajstić information content (AvgIpc) is 2.92. The first-order chi connectivity index (χ1) is 10.3. The quantitative estimate of drug-likeness (QED) is 0.425. The van der Waals surface area contributed by atoms with Crippen LogP contribution < -0.4 is 5.46 Å². The van der Waals surface area contributed by atoms with Crippen molar-refractivity contribution in [2.24, 2.45) is 0 Å². The molecule has 0 saturated carbocycles. The van der Waals surface area contributed by atoms with Gasteiger partial charge in [0.1, 0.15) is 0 Å². The van der Waals surface area contributed by atoms with Gasteiger partial charge >= 0.3 is 7.12 Å². The smallest absolute Gasteiger partial charge is 0.399 e. The molecule has 1 aliphatic heterocycles. The van der Waals surface area contributed by atoms with Gasteiger partial charge in [-0.25, -0.2) is 4.45 Å². The molecular formula is C15H19BIN2O2P. The molecule has 4 nitrogen and oxygen atoms in total. The summed E-state index contributed by atoms with van der Waals surface area (Å²) in [4.78, 5) is 0. The van der Waals surface area contributed by atoms with E-state index in [1.165, 1.54) is 0 Å². The lowest BCUT2D eigenvalue weighted by molar-refractivity contribution is 0.00578. The van der Waals surface area contributed by atoms with Gasteiger partial charge < -0.3 is 9.31 Å². The number of aromatic nitrogens is 2. The predicted octanol–water partition coefficient (Wildman–Crippen LogP) is 3.77. The van der Waals surface area contributed by atoms with Gasteiger partial charge in [-0.05, 0) is 67.3 Å². The Morgan fingerprint density at radius 1 is 1.27 bits per heavy atom. The maximum atomic E-state index is 6.13. The van der Waals surface area contributed by atoms with Crippen LogP contribution in [-0.2, 0) is 9.31 Å². The van der Waals surface area contributed by atoms with Crippen LogP contribution in [0.15, 0.2) is 24.8 Å². The Kier molecular flexibility index (Phi) is 4.17. The number of hydrogen-bond donors (Lipinski definition) is 0. The van der Waals surface area contributed by atoms with Crippen LogP contribution in [0.3, 0.4) is 0 Å². The minimum Gasteiger partial charge on any atom is -0.399 e. The summed E-state index contributed by atoms with van der Waals surface area (Å²) in [6, 6.07) is 6.25. The van der Waals surface area contributed by atoms with Gasteiger partial charge in [-0.2, -0.15) is 5.10 Å². The first-order valence-corrected chi connectivity index (χ1v) is 11.2. The molecule has 3 rings (SSSR count). The summed E-state index contributed by atoms with van der Waals surface area (Å²) in [6.07, 6.45) is 2.35. The highest BCUT2D eigenvalue weighted by atomic mass is 127. The summed E-state index contributed by atoms with van der Waals surface area (Å²) < 4.78 is 14.3. The van der Waals surface area contributed by atoms with E-state index in [0.717, 1.165) is 22.1 Å². The summed E-state index contributed by atoms with van der Waals surface area (Å²) >= 11 is 2.33. The lowest BCUT2D eigenvalue weighted by Crippen LogP contribution is -2.41. The van der Waals surface area contributed by atoms with Gasteiger partial charge in [0.15, 0.2) is 0 Å². The maximum absolute atomic E-state index is 6.13. The van der Waals surface area contributed by atoms with Gasteiger partial charge in [0.25, 0.3) is 0 Å². The summed E-state index contributed by atoms with van der Waals surface area (Å²) in [7, 11) is -0.350. The minimum absolute atomic E-state index is 0.332. The molecule has 0 spiro atoms. The SMILES string of the molecule is C=Cc1nn(PI)c2ccc(B3OC(C)(C)C(C)(C)O3)cc12. The van der Waals surface area contributed by atoms with E-state index in [0.29, 0.717) is 6.37 Å². The average molecular weight is 428 g/mol. The van der Waals surface area contributed by atoms with Crippen molar-refractivity contribution in [1.82, 2.24) is 9.55 Å². The fourth-order valence-electron chi connectivity index (χ4n) is 2.50. The highest BCUT2D eigenvalue weighted by Gasteiger charge is 2.51. The van der Waals surface area contributed by atoms with Crippen molar-refractivity contribution in [2.75, 3.05) is 0 Å². The summed E-state index contributed by atoms with van der Waals surface area (Å²) in [6.45, 7) is 12.1. The van der Waals surface area contributed by atoms with Gasteiger partial charge in [0.05, 0.1) is 28.8 Å². The Labute approximate surface area is 146 Å². The normalized spacial score (nSPS) is 20.3. The lowest BCUT2D eigenvalue weighted by Gasteiger charge is -2.32. The zero-order chi connectivity index (χ0) is 16.1. The molecule has 0 aliphatic carbocycles. The van der Waals surface area contributed by atoms with Crippen molar-refractivity contribution in [3.05, 3.63) is 30.5 Å². The number of hydrogen-bond acceptors (Lipinski definition) is 3. The first kappa shape index (κ1) is 16.4. The molecule has 1 unspecified atom stereocenters. The Morgan fingerprint density at radius 2 is 1.91 bits per heavy atom. The van der Waals surface area contributed by atoms with Crippen molar-refractivity contribution < 1.29 is 9.31 Å². The molecule has 116 valence electrons. The lowest BCUT2D eigenvalue weighted by atomic mass is 9.78. The van der Waals surface area contributed by atoms with E-state index < -0.39 is 0 Å². The molecule has 1 aliphatic rings. The molecule has 2 heterocycles. The van der Waals surface area contributed by atoms with Gasteiger partial charge in [0.2, 0.25) is 0 Å². The van der Waals surface area contributed by atoms with Crippen LogP contribution in [0.25, 0.3) is 17.0 Å². The Hall–Kier alpha value is -0.425. The summed E-state index contributed by atoms with van der Waals surface area (Å²) in [5.41, 5.74) is 2.37. The molecule has 0 amide bonds. The van der Waals surface area contributed by atoms with Gasteiger partial charge in [0, 0.05) is 5.39 Å². The predicted molar refractivity (Wildman–Crippen MR) is 103 cm³/mol. The van der Waals surface area contributed by atoms with Crippen LogP contribution in [0, 0.1) is 0 Å². The molecule has 0 N–H and O–H groups in total. The third kappa shape index (κ3) is 2.54. The summed E-state index contributed by atoms with van der Waals surface area (Å²) in [5.74, 6) is 0. The Balaban J connectivity index is 2.05. The van der Waals surface area contributed by atoms with Crippen LogP contribution in [0.4, 0.5) is 0 Å². The molecule has 2 aromatic rings.